The fourth-order valence-corrected chi connectivity index (χ4v) is 6.05. The molecule has 2 N–H and O–H groups in total. The molecule has 13 heteroatoms. The number of carbonyl (C=O) groups is 1. The van der Waals surface area contributed by atoms with Crippen molar-refractivity contribution in [3.05, 3.63) is 64.6 Å². The fourth-order valence-electron chi connectivity index (χ4n) is 2.60. The van der Waals surface area contributed by atoms with Crippen LogP contribution >= 0.6 is 11.3 Å². The number of hydrogen-bond donors (Lipinski definition) is 2. The molecule has 1 amide bonds. The molecule has 8 nitrogen and oxygen atoms in total. The van der Waals surface area contributed by atoms with E-state index in [2.05, 4.69) is 0 Å². The summed E-state index contributed by atoms with van der Waals surface area (Å²) in [6, 6.07) is 5.12. The van der Waals surface area contributed by atoms with Gasteiger partial charge in [0.05, 0.1) is 10.9 Å². The molecule has 0 spiro atoms. The zero-order chi connectivity index (χ0) is 23.0. The van der Waals surface area contributed by atoms with Crippen molar-refractivity contribution in [2.45, 2.75) is 28.9 Å². The average molecular weight is 490 g/mol. The minimum Gasteiger partial charge on any atom is -0.321 e. The van der Waals surface area contributed by atoms with Crippen LogP contribution in [0, 0.1) is 11.6 Å². The number of rotatable bonds is 7. The Balaban J connectivity index is 1.95. The molecular weight excluding hydrogens is 472 g/mol. The van der Waals surface area contributed by atoms with E-state index >= 15 is 0 Å². The van der Waals surface area contributed by atoms with Crippen LogP contribution in [0.5, 0.6) is 0 Å². The zero-order valence-electron chi connectivity index (χ0n) is 16.2. The highest BCUT2D eigenvalue weighted by Crippen LogP contribution is 2.32. The molecule has 0 atom stereocenters. The summed E-state index contributed by atoms with van der Waals surface area (Å²) < 4.78 is 78.3. The van der Waals surface area contributed by atoms with Gasteiger partial charge in [-0.2, -0.15) is 0 Å². The Kier molecular flexibility index (Phi) is 6.32. The number of hydrazine groups is 1. The van der Waals surface area contributed by atoms with E-state index in [-0.39, 0.29) is 15.5 Å². The molecule has 31 heavy (non-hydrogen) atoms. The number of nitrogens with one attached hydrogen (secondary N) is 2. The highest BCUT2D eigenvalue weighted by atomic mass is 32.2. The maximum Gasteiger partial charge on any atom is 0.278 e. The molecule has 0 aliphatic rings. The molecule has 0 unspecified atom stereocenters. The van der Waals surface area contributed by atoms with Gasteiger partial charge in [-0.05, 0) is 38.1 Å². The molecule has 3 rings (SSSR count). The van der Waals surface area contributed by atoms with E-state index in [0.717, 1.165) is 17.4 Å². The first kappa shape index (κ1) is 23.1. The van der Waals surface area contributed by atoms with Crippen LogP contribution in [0.25, 0.3) is 5.69 Å². The third-order valence-electron chi connectivity index (χ3n) is 4.21. The molecule has 0 aliphatic carbocycles. The van der Waals surface area contributed by atoms with Crippen molar-refractivity contribution in [2.24, 2.45) is 0 Å². The molecule has 166 valence electrons. The van der Waals surface area contributed by atoms with Crippen molar-refractivity contribution >= 4 is 37.1 Å². The lowest BCUT2D eigenvalue weighted by molar-refractivity contribution is 0.0949. The van der Waals surface area contributed by atoms with Gasteiger partial charge in [-0.15, -0.1) is 16.2 Å². The second-order valence-electron chi connectivity index (χ2n) is 6.60. The Hall–Kier alpha value is -2.61. The summed E-state index contributed by atoms with van der Waals surface area (Å²) in [5, 5.41) is 0.542. The van der Waals surface area contributed by atoms with E-state index in [0.29, 0.717) is 12.1 Å². The lowest BCUT2D eigenvalue weighted by atomic mass is 10.3. The number of sulfonamides is 1. The summed E-state index contributed by atoms with van der Waals surface area (Å²) in [5.41, 5.74) is 2.00. The standard InChI is InChI=1S/C18H17F2N3O5S3/c1-11(2)30(25,26)15-10-29-17(16(15)23-7-3-4-8-23)18(24)21-22-31(27,28)14-6-5-12(19)9-13(14)20/h3-11,22H,1-2H3,(H,21,24). The van der Waals surface area contributed by atoms with Crippen molar-refractivity contribution < 1.29 is 30.4 Å². The van der Waals surface area contributed by atoms with Crippen LogP contribution in [0.15, 0.2) is 57.9 Å². The van der Waals surface area contributed by atoms with Gasteiger partial charge in [0.15, 0.2) is 9.84 Å². The van der Waals surface area contributed by atoms with E-state index in [1.54, 1.807) is 17.0 Å². The van der Waals surface area contributed by atoms with E-state index < -0.39 is 47.5 Å². The molecule has 0 saturated heterocycles. The maximum atomic E-state index is 13.8. The lowest BCUT2D eigenvalue weighted by Gasteiger charge is -2.13. The Bertz CT molecular complexity index is 1330. The van der Waals surface area contributed by atoms with Gasteiger partial charge in [-0.3, -0.25) is 10.2 Å². The van der Waals surface area contributed by atoms with Crippen LogP contribution in [-0.2, 0) is 19.9 Å². The van der Waals surface area contributed by atoms with Crippen molar-refractivity contribution in [2.75, 3.05) is 0 Å². The molecule has 2 aromatic heterocycles. The molecule has 0 fully saturated rings. The fraction of sp³-hybridized carbons (Fsp3) is 0.167. The first-order valence-electron chi connectivity index (χ1n) is 8.71. The average Bonchev–Trinajstić information content (AvgIpc) is 3.35. The summed E-state index contributed by atoms with van der Waals surface area (Å²) in [6.07, 6.45) is 3.08. The molecule has 0 radical (unpaired) electrons. The Labute approximate surface area is 181 Å². The van der Waals surface area contributed by atoms with Gasteiger partial charge in [0.1, 0.15) is 26.3 Å². The van der Waals surface area contributed by atoms with Crippen molar-refractivity contribution in [3.63, 3.8) is 0 Å². The number of amides is 1. The number of benzene rings is 1. The summed E-state index contributed by atoms with van der Waals surface area (Å²) in [6.45, 7) is 3.00. The number of carbonyl (C=O) groups excluding carboxylic acids is 1. The number of hydrogen-bond acceptors (Lipinski definition) is 6. The summed E-state index contributed by atoms with van der Waals surface area (Å²) in [7, 11) is -8.31. The second-order valence-corrected chi connectivity index (χ2v) is 11.6. The van der Waals surface area contributed by atoms with Crippen LogP contribution < -0.4 is 10.3 Å². The number of sulfone groups is 1. The van der Waals surface area contributed by atoms with Crippen LogP contribution in [0.3, 0.4) is 0 Å². The summed E-state index contributed by atoms with van der Waals surface area (Å²) in [5.74, 6) is -3.25. The normalized spacial score (nSPS) is 12.3. The van der Waals surface area contributed by atoms with Gasteiger partial charge >= 0.3 is 0 Å². The first-order valence-corrected chi connectivity index (χ1v) is 12.6. The summed E-state index contributed by atoms with van der Waals surface area (Å²) >= 11 is 0.808. The molecule has 0 bridgehead atoms. The Morgan fingerprint density at radius 1 is 1.06 bits per heavy atom. The molecular formula is C18H17F2N3O5S3. The van der Waals surface area contributed by atoms with Gasteiger partial charge < -0.3 is 4.57 Å². The van der Waals surface area contributed by atoms with E-state index in [9.17, 15) is 30.4 Å². The second kappa shape index (κ2) is 8.49. The van der Waals surface area contributed by atoms with Crippen molar-refractivity contribution in [1.29, 1.82) is 0 Å². The SMILES string of the molecule is CC(C)S(=O)(=O)c1csc(C(=O)NNS(=O)(=O)c2ccc(F)cc2F)c1-n1cccc1. The van der Waals surface area contributed by atoms with E-state index in [1.165, 1.54) is 36.2 Å². The molecule has 0 saturated carbocycles. The van der Waals surface area contributed by atoms with Gasteiger partial charge in [0, 0.05) is 23.8 Å². The molecule has 1 aromatic carbocycles. The maximum absolute atomic E-state index is 13.8. The topological polar surface area (TPSA) is 114 Å². The third kappa shape index (κ3) is 4.54. The Morgan fingerprint density at radius 2 is 1.71 bits per heavy atom. The Morgan fingerprint density at radius 3 is 2.29 bits per heavy atom. The molecule has 0 aliphatic heterocycles. The third-order valence-corrected chi connectivity index (χ3v) is 8.77. The van der Waals surface area contributed by atoms with Gasteiger partial charge in [-0.25, -0.2) is 25.6 Å². The number of halogens is 2. The number of thiophene rings is 1. The first-order chi connectivity index (χ1) is 14.4. The van der Waals surface area contributed by atoms with Gasteiger partial charge in [0.25, 0.3) is 15.9 Å². The molecule has 2 heterocycles. The number of nitrogens with zero attached hydrogens (tertiary/aromatic N) is 1. The predicted molar refractivity (Wildman–Crippen MR) is 110 cm³/mol. The highest BCUT2D eigenvalue weighted by Gasteiger charge is 2.30. The van der Waals surface area contributed by atoms with Gasteiger partial charge in [0.2, 0.25) is 0 Å². The van der Waals surface area contributed by atoms with Crippen LogP contribution in [0.2, 0.25) is 0 Å². The monoisotopic (exact) mass is 489 g/mol. The lowest BCUT2D eigenvalue weighted by Crippen LogP contribution is -2.41. The largest absolute Gasteiger partial charge is 0.321 e. The summed E-state index contributed by atoms with van der Waals surface area (Å²) in [4.78, 5) is 13.4. The minimum absolute atomic E-state index is 0.0633. The zero-order valence-corrected chi connectivity index (χ0v) is 18.6. The van der Waals surface area contributed by atoms with Crippen molar-refractivity contribution in [1.82, 2.24) is 14.8 Å². The number of aromatic nitrogens is 1. The highest BCUT2D eigenvalue weighted by molar-refractivity contribution is 7.92. The van der Waals surface area contributed by atoms with Crippen LogP contribution in [0.1, 0.15) is 23.5 Å². The predicted octanol–water partition coefficient (Wildman–Crippen LogP) is 2.62. The quantitative estimate of drug-likeness (QED) is 0.495. The smallest absolute Gasteiger partial charge is 0.278 e. The van der Waals surface area contributed by atoms with Crippen molar-refractivity contribution in [3.8, 4) is 5.69 Å². The van der Waals surface area contributed by atoms with Gasteiger partial charge in [-0.1, -0.05) is 0 Å². The van der Waals surface area contributed by atoms with Crippen LogP contribution in [0.4, 0.5) is 8.78 Å². The molecule has 3 aromatic rings. The minimum atomic E-state index is -4.56. The van der Waals surface area contributed by atoms with E-state index in [1.807, 2.05) is 5.43 Å². The van der Waals surface area contributed by atoms with Crippen LogP contribution in [-0.4, -0.2) is 32.6 Å². The van der Waals surface area contributed by atoms with E-state index in [4.69, 9.17) is 0 Å².